The first-order valence-corrected chi connectivity index (χ1v) is 5.27. The van der Waals surface area contributed by atoms with Crippen LogP contribution in [0.3, 0.4) is 0 Å². The standard InChI is InChI=1S/C10H12ClN3O/c11-9-8(2-1-4-13-9)14-10(15)7-3-5-12-6-7/h1-2,4,7,12H,3,5-6H2,(H,14,15). The average Bonchev–Trinajstić information content (AvgIpc) is 2.74. The van der Waals surface area contributed by atoms with Crippen molar-refractivity contribution in [3.8, 4) is 0 Å². The van der Waals surface area contributed by atoms with Gasteiger partial charge in [0.2, 0.25) is 5.91 Å². The van der Waals surface area contributed by atoms with Crippen molar-refractivity contribution in [3.05, 3.63) is 23.5 Å². The predicted molar refractivity (Wildman–Crippen MR) is 58.9 cm³/mol. The van der Waals surface area contributed by atoms with Crippen LogP contribution in [0.2, 0.25) is 5.15 Å². The van der Waals surface area contributed by atoms with Crippen LogP contribution in [0.15, 0.2) is 18.3 Å². The molecule has 1 aromatic rings. The smallest absolute Gasteiger partial charge is 0.228 e. The summed E-state index contributed by atoms with van der Waals surface area (Å²) in [5.41, 5.74) is 0.580. The highest BCUT2D eigenvalue weighted by Crippen LogP contribution is 2.19. The fraction of sp³-hybridized carbons (Fsp3) is 0.400. The third-order valence-electron chi connectivity index (χ3n) is 2.45. The minimum atomic E-state index is 0.00917. The quantitative estimate of drug-likeness (QED) is 0.746. The monoisotopic (exact) mass is 225 g/mol. The molecule has 4 nitrogen and oxygen atoms in total. The Morgan fingerprint density at radius 1 is 1.67 bits per heavy atom. The predicted octanol–water partition coefficient (Wildman–Crippen LogP) is 1.28. The molecule has 2 heterocycles. The summed E-state index contributed by atoms with van der Waals surface area (Å²) < 4.78 is 0. The van der Waals surface area contributed by atoms with Gasteiger partial charge in [-0.1, -0.05) is 11.6 Å². The van der Waals surface area contributed by atoms with Gasteiger partial charge in [-0.3, -0.25) is 4.79 Å². The Morgan fingerprint density at radius 2 is 2.53 bits per heavy atom. The number of hydrogen-bond acceptors (Lipinski definition) is 3. The highest BCUT2D eigenvalue weighted by molar-refractivity contribution is 6.32. The van der Waals surface area contributed by atoms with Gasteiger partial charge in [0, 0.05) is 12.7 Å². The molecule has 0 aliphatic carbocycles. The molecule has 0 saturated carbocycles. The van der Waals surface area contributed by atoms with Gasteiger partial charge in [-0.25, -0.2) is 4.98 Å². The molecule has 5 heteroatoms. The zero-order valence-corrected chi connectivity index (χ0v) is 8.92. The summed E-state index contributed by atoms with van der Waals surface area (Å²) in [6.45, 7) is 1.64. The highest BCUT2D eigenvalue weighted by atomic mass is 35.5. The first-order chi connectivity index (χ1) is 7.27. The zero-order valence-electron chi connectivity index (χ0n) is 8.16. The topological polar surface area (TPSA) is 54.0 Å². The molecule has 80 valence electrons. The lowest BCUT2D eigenvalue weighted by molar-refractivity contribution is -0.119. The molecule has 1 aliphatic rings. The molecule has 0 aromatic carbocycles. The van der Waals surface area contributed by atoms with Crippen molar-refractivity contribution in [2.75, 3.05) is 18.4 Å². The molecule has 1 fully saturated rings. The van der Waals surface area contributed by atoms with Gasteiger partial charge in [0.25, 0.3) is 0 Å². The second-order valence-electron chi connectivity index (χ2n) is 3.52. The molecule has 2 N–H and O–H groups in total. The Hall–Kier alpha value is -1.13. The maximum Gasteiger partial charge on any atom is 0.228 e. The number of halogens is 1. The van der Waals surface area contributed by atoms with E-state index in [1.54, 1.807) is 18.3 Å². The van der Waals surface area contributed by atoms with E-state index in [1.807, 2.05) is 0 Å². The van der Waals surface area contributed by atoms with Crippen LogP contribution in [0.5, 0.6) is 0 Å². The second-order valence-corrected chi connectivity index (χ2v) is 3.88. The minimum Gasteiger partial charge on any atom is -0.323 e. The van der Waals surface area contributed by atoms with Gasteiger partial charge in [0.05, 0.1) is 11.6 Å². The molecule has 2 rings (SSSR count). The number of carbonyl (C=O) groups excluding carboxylic acids is 1. The van der Waals surface area contributed by atoms with Gasteiger partial charge in [-0.05, 0) is 25.1 Å². The van der Waals surface area contributed by atoms with E-state index < -0.39 is 0 Å². The van der Waals surface area contributed by atoms with Crippen LogP contribution in [-0.4, -0.2) is 24.0 Å². The molecule has 1 amide bonds. The van der Waals surface area contributed by atoms with E-state index >= 15 is 0 Å². The lowest BCUT2D eigenvalue weighted by atomic mass is 10.1. The Labute approximate surface area is 93.0 Å². The maximum atomic E-state index is 11.7. The number of pyridine rings is 1. The first kappa shape index (κ1) is 10.4. The van der Waals surface area contributed by atoms with Crippen LogP contribution >= 0.6 is 11.6 Å². The number of hydrogen-bond donors (Lipinski definition) is 2. The molecule has 1 aliphatic heterocycles. The molecular weight excluding hydrogens is 214 g/mol. The second kappa shape index (κ2) is 4.59. The number of aromatic nitrogens is 1. The number of nitrogens with one attached hydrogen (secondary N) is 2. The molecule has 15 heavy (non-hydrogen) atoms. The van der Waals surface area contributed by atoms with E-state index in [2.05, 4.69) is 15.6 Å². The molecule has 1 aromatic heterocycles. The number of rotatable bonds is 2. The van der Waals surface area contributed by atoms with Crippen LogP contribution in [0.1, 0.15) is 6.42 Å². The van der Waals surface area contributed by atoms with Crippen molar-refractivity contribution in [2.45, 2.75) is 6.42 Å². The summed E-state index contributed by atoms with van der Waals surface area (Å²) in [6, 6.07) is 3.49. The molecule has 1 saturated heterocycles. The first-order valence-electron chi connectivity index (χ1n) is 4.89. The number of carbonyl (C=O) groups is 1. The summed E-state index contributed by atoms with van der Waals surface area (Å²) in [5.74, 6) is 0.0520. The number of amides is 1. The van der Waals surface area contributed by atoms with Gasteiger partial charge in [0.15, 0.2) is 5.15 Å². The van der Waals surface area contributed by atoms with Crippen LogP contribution in [-0.2, 0) is 4.79 Å². The summed E-state index contributed by atoms with van der Waals surface area (Å²) in [6.07, 6.45) is 2.47. The minimum absolute atomic E-state index is 0.00917. The normalized spacial score (nSPS) is 20.2. The van der Waals surface area contributed by atoms with E-state index in [0.29, 0.717) is 10.8 Å². The molecule has 1 unspecified atom stereocenters. The Kier molecular flexibility index (Phi) is 3.18. The van der Waals surface area contributed by atoms with E-state index in [0.717, 1.165) is 19.5 Å². The summed E-state index contributed by atoms with van der Waals surface area (Å²) in [5, 5.41) is 6.25. The van der Waals surface area contributed by atoms with E-state index in [4.69, 9.17) is 11.6 Å². The highest BCUT2D eigenvalue weighted by Gasteiger charge is 2.22. The molecule has 0 radical (unpaired) electrons. The summed E-state index contributed by atoms with van der Waals surface area (Å²) >= 11 is 5.83. The lowest BCUT2D eigenvalue weighted by Crippen LogP contribution is -2.24. The maximum absolute atomic E-state index is 11.7. The van der Waals surface area contributed by atoms with Crippen LogP contribution in [0, 0.1) is 5.92 Å². The number of nitrogens with zero attached hydrogens (tertiary/aromatic N) is 1. The third kappa shape index (κ3) is 2.46. The molecular formula is C10H12ClN3O. The largest absolute Gasteiger partial charge is 0.323 e. The van der Waals surface area contributed by atoms with Crippen LogP contribution < -0.4 is 10.6 Å². The van der Waals surface area contributed by atoms with Crippen molar-refractivity contribution >= 4 is 23.2 Å². The third-order valence-corrected chi connectivity index (χ3v) is 2.75. The molecule has 1 atom stereocenters. The zero-order chi connectivity index (χ0) is 10.7. The SMILES string of the molecule is O=C(Nc1cccnc1Cl)C1CCNC1. The van der Waals surface area contributed by atoms with E-state index in [9.17, 15) is 4.79 Å². The Balaban J connectivity index is 2.02. The van der Waals surface area contributed by atoms with Gasteiger partial charge in [0.1, 0.15) is 0 Å². The molecule has 0 spiro atoms. The van der Waals surface area contributed by atoms with Crippen molar-refractivity contribution in [1.82, 2.24) is 10.3 Å². The van der Waals surface area contributed by atoms with Gasteiger partial charge in [-0.2, -0.15) is 0 Å². The molecule has 0 bridgehead atoms. The van der Waals surface area contributed by atoms with Crippen molar-refractivity contribution in [1.29, 1.82) is 0 Å². The fourth-order valence-corrected chi connectivity index (χ4v) is 1.76. The lowest BCUT2D eigenvalue weighted by Gasteiger charge is -2.10. The summed E-state index contributed by atoms with van der Waals surface area (Å²) in [7, 11) is 0. The van der Waals surface area contributed by atoms with Crippen LogP contribution in [0.25, 0.3) is 0 Å². The van der Waals surface area contributed by atoms with Crippen molar-refractivity contribution < 1.29 is 4.79 Å². The van der Waals surface area contributed by atoms with E-state index in [1.165, 1.54) is 0 Å². The van der Waals surface area contributed by atoms with Gasteiger partial charge in [-0.15, -0.1) is 0 Å². The van der Waals surface area contributed by atoms with E-state index in [-0.39, 0.29) is 11.8 Å². The number of anilines is 1. The van der Waals surface area contributed by atoms with Crippen LogP contribution in [0.4, 0.5) is 5.69 Å². The van der Waals surface area contributed by atoms with Crippen molar-refractivity contribution in [2.24, 2.45) is 5.92 Å². The Morgan fingerprint density at radius 3 is 3.20 bits per heavy atom. The Bertz CT molecular complexity index is 363. The average molecular weight is 226 g/mol. The van der Waals surface area contributed by atoms with Gasteiger partial charge >= 0.3 is 0 Å². The van der Waals surface area contributed by atoms with Gasteiger partial charge < -0.3 is 10.6 Å². The fourth-order valence-electron chi connectivity index (χ4n) is 1.59. The van der Waals surface area contributed by atoms with Crippen molar-refractivity contribution in [3.63, 3.8) is 0 Å². The summed E-state index contributed by atoms with van der Waals surface area (Å²) in [4.78, 5) is 15.6.